The average Bonchev–Trinajstić information content (AvgIpc) is 2.36. The van der Waals surface area contributed by atoms with Gasteiger partial charge in [-0.3, -0.25) is 9.59 Å². The van der Waals surface area contributed by atoms with E-state index in [-0.39, 0.29) is 36.0 Å². The molecule has 118 valence electrons. The number of amides is 1. The van der Waals surface area contributed by atoms with Gasteiger partial charge in [0, 0.05) is 6.42 Å². The summed E-state index contributed by atoms with van der Waals surface area (Å²) in [4.78, 5) is 32.7. The van der Waals surface area contributed by atoms with Gasteiger partial charge in [0.1, 0.15) is 6.04 Å². The van der Waals surface area contributed by atoms with Crippen molar-refractivity contribution in [2.24, 2.45) is 0 Å². The third kappa shape index (κ3) is 14.1. The molecule has 0 radical (unpaired) electrons. The maximum absolute atomic E-state index is 11.5. The van der Waals surface area contributed by atoms with Crippen LogP contribution in [0.2, 0.25) is 0 Å². The number of rotatable bonds is 12. The van der Waals surface area contributed by atoms with Crippen LogP contribution in [0.3, 0.4) is 0 Å². The van der Waals surface area contributed by atoms with Crippen molar-refractivity contribution in [1.82, 2.24) is 5.32 Å². The van der Waals surface area contributed by atoms with Crippen molar-refractivity contribution >= 4 is 47.4 Å². The van der Waals surface area contributed by atoms with Gasteiger partial charge in [-0.25, -0.2) is 4.79 Å². The first-order valence-corrected chi connectivity index (χ1v) is 7.21. The number of carbonyl (C=O) groups is 3. The molecule has 0 saturated carbocycles. The molecule has 0 aliphatic heterocycles. The molecule has 0 aromatic heterocycles. The summed E-state index contributed by atoms with van der Waals surface area (Å²) in [6.07, 6.45) is 7.17. The number of carboxylic acids is 2. The number of hydrogen-bond acceptors (Lipinski definition) is 3. The number of carboxylic acid groups (broad SMARTS) is 2. The molecule has 0 rings (SSSR count). The first-order valence-electron chi connectivity index (χ1n) is 7.21. The Hall–Kier alpha value is -0.590. The number of carbonyl (C=O) groups excluding carboxylic acids is 1. The van der Waals surface area contributed by atoms with Crippen LogP contribution in [0, 0.1) is 0 Å². The van der Waals surface area contributed by atoms with Gasteiger partial charge in [0.15, 0.2) is 0 Å². The van der Waals surface area contributed by atoms with Gasteiger partial charge in [-0.2, -0.15) is 0 Å². The molecule has 0 aromatic rings. The van der Waals surface area contributed by atoms with Crippen LogP contribution < -0.4 is 5.32 Å². The summed E-state index contributed by atoms with van der Waals surface area (Å²) in [5.41, 5.74) is 0. The molecule has 3 N–H and O–H groups in total. The molecule has 0 fully saturated rings. The summed E-state index contributed by atoms with van der Waals surface area (Å²) >= 11 is 0. The van der Waals surface area contributed by atoms with Crippen LogP contribution in [0.4, 0.5) is 0 Å². The molecule has 21 heavy (non-hydrogen) atoms. The van der Waals surface area contributed by atoms with Crippen LogP contribution in [0.25, 0.3) is 0 Å². The fourth-order valence-electron chi connectivity index (χ4n) is 1.88. The molecular formula is C14H26NNaO5. The third-order valence-corrected chi connectivity index (χ3v) is 3.02. The van der Waals surface area contributed by atoms with E-state index >= 15 is 0 Å². The Balaban J connectivity index is 0. The summed E-state index contributed by atoms with van der Waals surface area (Å²) in [7, 11) is 0. The fraction of sp³-hybridized carbons (Fsp3) is 0.786. The monoisotopic (exact) mass is 311 g/mol. The molecule has 7 heteroatoms. The molecule has 0 saturated heterocycles. The second kappa shape index (κ2) is 14.4. The Morgan fingerprint density at radius 2 is 1.48 bits per heavy atom. The van der Waals surface area contributed by atoms with Crippen molar-refractivity contribution in [3.63, 3.8) is 0 Å². The minimum atomic E-state index is -1.34. The molecule has 0 bridgehead atoms. The van der Waals surface area contributed by atoms with E-state index in [4.69, 9.17) is 10.2 Å². The second-order valence-electron chi connectivity index (χ2n) is 4.93. The van der Waals surface area contributed by atoms with Crippen molar-refractivity contribution in [3.05, 3.63) is 0 Å². The Morgan fingerprint density at radius 3 is 1.95 bits per heavy atom. The molecule has 0 aliphatic rings. The van der Waals surface area contributed by atoms with Crippen molar-refractivity contribution in [2.45, 2.75) is 70.8 Å². The van der Waals surface area contributed by atoms with Gasteiger partial charge in [-0.05, 0) is 6.42 Å². The van der Waals surface area contributed by atoms with Crippen molar-refractivity contribution in [2.75, 3.05) is 0 Å². The van der Waals surface area contributed by atoms with Crippen LogP contribution in [-0.2, 0) is 14.4 Å². The van der Waals surface area contributed by atoms with Crippen LogP contribution in [0.1, 0.15) is 64.7 Å². The van der Waals surface area contributed by atoms with Crippen molar-refractivity contribution in [1.29, 1.82) is 0 Å². The Labute approximate surface area is 148 Å². The van der Waals surface area contributed by atoms with E-state index in [1.54, 1.807) is 0 Å². The molecule has 6 nitrogen and oxygen atoms in total. The van der Waals surface area contributed by atoms with Crippen LogP contribution >= 0.6 is 0 Å². The summed E-state index contributed by atoms with van der Waals surface area (Å²) in [5.74, 6) is -2.96. The zero-order chi connectivity index (χ0) is 15.4. The first kappa shape index (κ1) is 22.7. The minimum absolute atomic E-state index is 0. The Bertz CT molecular complexity index is 322. The molecule has 1 atom stereocenters. The van der Waals surface area contributed by atoms with Crippen LogP contribution in [0.15, 0.2) is 0 Å². The zero-order valence-electron chi connectivity index (χ0n) is 12.1. The topological polar surface area (TPSA) is 104 Å². The molecular weight excluding hydrogens is 285 g/mol. The van der Waals surface area contributed by atoms with Gasteiger partial charge in [0.25, 0.3) is 0 Å². The third-order valence-electron chi connectivity index (χ3n) is 3.02. The number of unbranched alkanes of at least 4 members (excludes halogenated alkanes) is 6. The van der Waals surface area contributed by atoms with Gasteiger partial charge in [0.05, 0.1) is 6.42 Å². The standard InChI is InChI=1S/C14H25NO5.Na.H/c1-2-3-4-5-6-7-8-9-12(16)15-11(14(19)20)10-13(17)18;;/h11H,2-10H2,1H3,(H,15,16)(H,17,18)(H,19,20);;. The van der Waals surface area contributed by atoms with E-state index in [1.807, 2.05) is 0 Å². The van der Waals surface area contributed by atoms with E-state index in [0.717, 1.165) is 19.3 Å². The van der Waals surface area contributed by atoms with Gasteiger partial charge < -0.3 is 15.5 Å². The number of nitrogens with one attached hydrogen (secondary N) is 1. The molecule has 0 spiro atoms. The molecule has 1 amide bonds. The van der Waals surface area contributed by atoms with E-state index < -0.39 is 30.3 Å². The van der Waals surface area contributed by atoms with Crippen LogP contribution in [-0.4, -0.2) is 63.7 Å². The van der Waals surface area contributed by atoms with E-state index in [9.17, 15) is 14.4 Å². The maximum atomic E-state index is 11.5. The van der Waals surface area contributed by atoms with E-state index in [2.05, 4.69) is 12.2 Å². The van der Waals surface area contributed by atoms with Crippen molar-refractivity contribution < 1.29 is 24.6 Å². The molecule has 1 unspecified atom stereocenters. The van der Waals surface area contributed by atoms with Crippen LogP contribution in [0.5, 0.6) is 0 Å². The SMILES string of the molecule is CCCCCCCCCC(=O)NC(CC(=O)O)C(=O)O.[NaH]. The molecule has 0 aromatic carbocycles. The van der Waals surface area contributed by atoms with Gasteiger partial charge in [-0.1, -0.05) is 45.4 Å². The molecule has 0 aliphatic carbocycles. The summed E-state index contributed by atoms with van der Waals surface area (Å²) < 4.78 is 0. The Kier molecular flexibility index (Phi) is 15.5. The van der Waals surface area contributed by atoms with Gasteiger partial charge >= 0.3 is 41.5 Å². The molecule has 0 heterocycles. The van der Waals surface area contributed by atoms with E-state index in [0.29, 0.717) is 6.42 Å². The summed E-state index contributed by atoms with van der Waals surface area (Å²) in [5, 5.41) is 19.6. The predicted octanol–water partition coefficient (Wildman–Crippen LogP) is 1.52. The van der Waals surface area contributed by atoms with Gasteiger partial charge in [-0.15, -0.1) is 0 Å². The average molecular weight is 311 g/mol. The van der Waals surface area contributed by atoms with E-state index in [1.165, 1.54) is 19.3 Å². The zero-order valence-corrected chi connectivity index (χ0v) is 12.1. The second-order valence-corrected chi connectivity index (χ2v) is 4.93. The number of hydrogen-bond donors (Lipinski definition) is 3. The fourth-order valence-corrected chi connectivity index (χ4v) is 1.88. The van der Waals surface area contributed by atoms with Crippen molar-refractivity contribution in [3.8, 4) is 0 Å². The predicted molar refractivity (Wildman–Crippen MR) is 81.6 cm³/mol. The normalized spacial score (nSPS) is 11.3. The van der Waals surface area contributed by atoms with Gasteiger partial charge in [0.2, 0.25) is 5.91 Å². The first-order chi connectivity index (χ1) is 9.47. The Morgan fingerprint density at radius 1 is 0.952 bits per heavy atom. The summed E-state index contributed by atoms with van der Waals surface area (Å²) in [6, 6.07) is -1.34. The number of aliphatic carboxylic acids is 2. The summed E-state index contributed by atoms with van der Waals surface area (Å²) in [6.45, 7) is 2.15. The quantitative estimate of drug-likeness (QED) is 0.374.